The van der Waals surface area contributed by atoms with Gasteiger partial charge in [0.25, 0.3) is 5.91 Å². The fraction of sp³-hybridized carbons (Fsp3) is 0.516. The molecule has 0 heterocycles. The van der Waals surface area contributed by atoms with Gasteiger partial charge in [0.15, 0.2) is 0 Å². The van der Waals surface area contributed by atoms with E-state index in [0.29, 0.717) is 24.1 Å². The summed E-state index contributed by atoms with van der Waals surface area (Å²) in [6.07, 6.45) is 0.388. The second kappa shape index (κ2) is 12.1. The molecule has 4 unspecified atom stereocenters. The molecule has 4 atom stereocenters. The second-order valence-electron chi connectivity index (χ2n) is 12.1. The lowest BCUT2D eigenvalue weighted by molar-refractivity contribution is -0.142. The maximum absolute atomic E-state index is 14.3. The van der Waals surface area contributed by atoms with Crippen LogP contribution >= 0.6 is 0 Å². The Bertz CT molecular complexity index is 1180. The van der Waals surface area contributed by atoms with Crippen LogP contribution in [0.3, 0.4) is 0 Å². The largest absolute Gasteiger partial charge is 0.508 e. The van der Waals surface area contributed by atoms with Gasteiger partial charge >= 0.3 is 6.09 Å². The molecule has 0 radical (unpaired) electrons. The van der Waals surface area contributed by atoms with Crippen molar-refractivity contribution in [1.29, 1.82) is 0 Å². The smallest absolute Gasteiger partial charge is 0.408 e. The standard InChI is InChI=1S/C31H43N3O5/c1-18(2)16-23(32-30(38)39-31(6,7)8)29(37)34(24-17-21(24)5)27(22-14-9-10-15-25(22)35)28(36)33-26-19(3)12-11-13-20(26)4/h9-15,18,21,23-24,27,35H,16-17H2,1-8H3,(H,32,38)(H,33,36). The maximum Gasteiger partial charge on any atom is 0.408 e. The Labute approximate surface area is 232 Å². The lowest BCUT2D eigenvalue weighted by atomic mass is 9.98. The van der Waals surface area contributed by atoms with Crippen molar-refractivity contribution in [2.24, 2.45) is 11.8 Å². The van der Waals surface area contributed by atoms with Gasteiger partial charge in [-0.2, -0.15) is 0 Å². The van der Waals surface area contributed by atoms with Crippen molar-refractivity contribution in [3.8, 4) is 5.75 Å². The minimum Gasteiger partial charge on any atom is -0.508 e. The minimum absolute atomic E-state index is 0.0780. The van der Waals surface area contributed by atoms with Crippen LogP contribution < -0.4 is 10.6 Å². The van der Waals surface area contributed by atoms with Crippen LogP contribution in [0.15, 0.2) is 42.5 Å². The SMILES string of the molecule is Cc1cccc(C)c1NC(=O)C(c1ccccc1O)N(C(=O)C(CC(C)C)NC(=O)OC(C)(C)C)C1CC1C. The fourth-order valence-electron chi connectivity index (χ4n) is 4.83. The number of nitrogens with one attached hydrogen (secondary N) is 2. The first-order chi connectivity index (χ1) is 18.2. The van der Waals surface area contributed by atoms with E-state index in [-0.39, 0.29) is 29.5 Å². The van der Waals surface area contributed by atoms with Gasteiger partial charge in [0.1, 0.15) is 23.4 Å². The van der Waals surface area contributed by atoms with Crippen molar-refractivity contribution in [3.63, 3.8) is 0 Å². The zero-order valence-corrected chi connectivity index (χ0v) is 24.4. The van der Waals surface area contributed by atoms with Crippen LogP contribution in [-0.2, 0) is 14.3 Å². The van der Waals surface area contributed by atoms with Gasteiger partial charge in [-0.25, -0.2) is 4.79 Å². The highest BCUT2D eigenvalue weighted by molar-refractivity contribution is 6.00. The van der Waals surface area contributed by atoms with Crippen molar-refractivity contribution in [2.45, 2.75) is 92.0 Å². The number of nitrogens with zero attached hydrogens (tertiary/aromatic N) is 1. The number of phenolic OH excluding ortho intramolecular Hbond substituents is 1. The molecule has 0 bridgehead atoms. The Morgan fingerprint density at radius 2 is 1.64 bits per heavy atom. The van der Waals surface area contributed by atoms with E-state index >= 15 is 0 Å². The molecule has 3 amide bonds. The maximum atomic E-state index is 14.3. The number of alkyl carbamates (subject to hydrolysis) is 1. The van der Waals surface area contributed by atoms with E-state index in [1.165, 1.54) is 6.07 Å². The number of hydrogen-bond donors (Lipinski definition) is 3. The van der Waals surface area contributed by atoms with E-state index < -0.39 is 29.7 Å². The first kappa shape index (κ1) is 30.0. The topological polar surface area (TPSA) is 108 Å². The summed E-state index contributed by atoms with van der Waals surface area (Å²) in [5, 5.41) is 16.6. The van der Waals surface area contributed by atoms with Crippen molar-refractivity contribution in [3.05, 3.63) is 59.2 Å². The van der Waals surface area contributed by atoms with E-state index in [1.807, 2.05) is 52.8 Å². The number of anilines is 1. The molecule has 0 aliphatic heterocycles. The minimum atomic E-state index is -1.11. The summed E-state index contributed by atoms with van der Waals surface area (Å²) in [6, 6.07) is 10.1. The van der Waals surface area contributed by atoms with Gasteiger partial charge in [-0.05, 0) is 76.5 Å². The third-order valence-corrected chi connectivity index (χ3v) is 6.86. The molecule has 8 heteroatoms. The molecule has 3 rings (SSSR count). The molecule has 0 spiro atoms. The van der Waals surface area contributed by atoms with E-state index in [2.05, 4.69) is 10.6 Å². The molecular formula is C31H43N3O5. The summed E-state index contributed by atoms with van der Waals surface area (Å²) in [4.78, 5) is 42.7. The van der Waals surface area contributed by atoms with Crippen LogP contribution in [0.2, 0.25) is 0 Å². The average molecular weight is 538 g/mol. The predicted molar refractivity (Wildman–Crippen MR) is 152 cm³/mol. The summed E-state index contributed by atoms with van der Waals surface area (Å²) in [5.74, 6) is -0.641. The lowest BCUT2D eigenvalue weighted by Gasteiger charge is -2.35. The molecule has 212 valence electrons. The number of benzene rings is 2. The van der Waals surface area contributed by atoms with Crippen LogP contribution in [0.1, 0.15) is 77.1 Å². The molecule has 1 aliphatic carbocycles. The summed E-state index contributed by atoms with van der Waals surface area (Å²) >= 11 is 0. The number of carbonyl (C=O) groups is 3. The Morgan fingerprint density at radius 1 is 1.05 bits per heavy atom. The molecule has 2 aromatic carbocycles. The van der Waals surface area contributed by atoms with Crippen LogP contribution in [0.5, 0.6) is 5.75 Å². The predicted octanol–water partition coefficient (Wildman–Crippen LogP) is 5.87. The molecule has 0 aromatic heterocycles. The van der Waals surface area contributed by atoms with E-state index in [1.54, 1.807) is 43.9 Å². The highest BCUT2D eigenvalue weighted by atomic mass is 16.6. The van der Waals surface area contributed by atoms with Crippen LogP contribution in [0.4, 0.5) is 10.5 Å². The average Bonchev–Trinajstić information content (AvgIpc) is 3.53. The van der Waals surface area contributed by atoms with Gasteiger partial charge in [-0.1, -0.05) is 57.2 Å². The van der Waals surface area contributed by atoms with Crippen molar-refractivity contribution < 1.29 is 24.2 Å². The van der Waals surface area contributed by atoms with Crippen LogP contribution in [0.25, 0.3) is 0 Å². The van der Waals surface area contributed by atoms with Crippen molar-refractivity contribution >= 4 is 23.6 Å². The molecule has 3 N–H and O–H groups in total. The van der Waals surface area contributed by atoms with Gasteiger partial charge in [-0.15, -0.1) is 0 Å². The quantitative estimate of drug-likeness (QED) is 0.371. The molecule has 1 saturated carbocycles. The highest BCUT2D eigenvalue weighted by Crippen LogP contribution is 2.43. The monoisotopic (exact) mass is 537 g/mol. The summed E-state index contributed by atoms with van der Waals surface area (Å²) < 4.78 is 5.45. The summed E-state index contributed by atoms with van der Waals surface area (Å²) in [5.41, 5.74) is 2.05. The fourth-order valence-corrected chi connectivity index (χ4v) is 4.83. The molecule has 0 saturated heterocycles. The normalized spacial score (nSPS) is 18.2. The number of rotatable bonds is 9. The Balaban J connectivity index is 2.07. The number of carbonyl (C=O) groups excluding carboxylic acids is 3. The third kappa shape index (κ3) is 7.74. The Hall–Kier alpha value is -3.55. The number of hydrogen-bond acceptors (Lipinski definition) is 5. The summed E-state index contributed by atoms with van der Waals surface area (Å²) in [6.45, 7) is 15.1. The Morgan fingerprint density at radius 3 is 2.15 bits per heavy atom. The van der Waals surface area contributed by atoms with Crippen LogP contribution in [0, 0.1) is 25.7 Å². The number of ether oxygens (including phenoxy) is 1. The number of aromatic hydroxyl groups is 1. The number of amides is 3. The van der Waals surface area contributed by atoms with Crippen molar-refractivity contribution in [1.82, 2.24) is 10.2 Å². The highest BCUT2D eigenvalue weighted by Gasteiger charge is 2.49. The molecule has 8 nitrogen and oxygen atoms in total. The van der Waals surface area contributed by atoms with Gasteiger partial charge in [0, 0.05) is 17.3 Å². The van der Waals surface area contributed by atoms with E-state index in [9.17, 15) is 19.5 Å². The molecule has 1 aliphatic rings. The number of para-hydroxylation sites is 2. The van der Waals surface area contributed by atoms with Gasteiger partial charge in [0.2, 0.25) is 5.91 Å². The molecule has 2 aromatic rings. The molecule has 1 fully saturated rings. The van der Waals surface area contributed by atoms with Crippen LogP contribution in [-0.4, -0.2) is 45.6 Å². The zero-order valence-electron chi connectivity index (χ0n) is 24.4. The number of phenols is 1. The Kier molecular flexibility index (Phi) is 9.30. The lowest BCUT2D eigenvalue weighted by Crippen LogP contribution is -2.53. The van der Waals surface area contributed by atoms with Gasteiger partial charge in [-0.3, -0.25) is 9.59 Å². The molecule has 39 heavy (non-hydrogen) atoms. The third-order valence-electron chi connectivity index (χ3n) is 6.86. The van der Waals surface area contributed by atoms with Gasteiger partial charge < -0.3 is 25.4 Å². The molecular weight excluding hydrogens is 494 g/mol. The first-order valence-corrected chi connectivity index (χ1v) is 13.7. The van der Waals surface area contributed by atoms with E-state index in [4.69, 9.17) is 4.74 Å². The van der Waals surface area contributed by atoms with Gasteiger partial charge in [0.05, 0.1) is 0 Å². The second-order valence-corrected chi connectivity index (χ2v) is 12.1. The van der Waals surface area contributed by atoms with Crippen molar-refractivity contribution in [2.75, 3.05) is 5.32 Å². The zero-order chi connectivity index (χ0) is 29.1. The van der Waals surface area contributed by atoms with E-state index in [0.717, 1.165) is 11.1 Å². The summed E-state index contributed by atoms with van der Waals surface area (Å²) in [7, 11) is 0. The number of aryl methyl sites for hydroxylation is 2. The first-order valence-electron chi connectivity index (χ1n) is 13.7.